The molecule has 3 nitrogen and oxygen atoms in total. The standard InChI is InChI=1S/C20H27N3/c1-13-9-17-19(10-14(13)2)23-18-7-3-6-16(18)20(17)22-12-15-5-4-8-21-11-15/h9-10,15,21H,3-8,11-12H2,1-2H3,(H,22,23)/t15-/m1/s1. The van der Waals surface area contributed by atoms with Crippen LogP contribution in [0.3, 0.4) is 0 Å². The second kappa shape index (κ2) is 6.12. The Kier molecular flexibility index (Phi) is 3.98. The summed E-state index contributed by atoms with van der Waals surface area (Å²) in [5.41, 5.74) is 8.04. The van der Waals surface area contributed by atoms with Crippen LogP contribution < -0.4 is 10.6 Å². The normalized spacial score (nSPS) is 20.7. The van der Waals surface area contributed by atoms with Crippen molar-refractivity contribution < 1.29 is 0 Å². The maximum Gasteiger partial charge on any atom is 0.0729 e. The number of pyridine rings is 1. The summed E-state index contributed by atoms with van der Waals surface area (Å²) in [7, 11) is 0. The van der Waals surface area contributed by atoms with Gasteiger partial charge in [0, 0.05) is 23.3 Å². The van der Waals surface area contributed by atoms with E-state index in [-0.39, 0.29) is 0 Å². The molecule has 3 heteroatoms. The van der Waals surface area contributed by atoms with Gasteiger partial charge in [0.15, 0.2) is 0 Å². The molecule has 0 radical (unpaired) electrons. The lowest BCUT2D eigenvalue weighted by molar-refractivity contribution is 0.393. The quantitative estimate of drug-likeness (QED) is 0.906. The predicted molar refractivity (Wildman–Crippen MR) is 97.3 cm³/mol. The molecular formula is C20H27N3. The lowest BCUT2D eigenvalue weighted by Crippen LogP contribution is -2.33. The van der Waals surface area contributed by atoms with Crippen LogP contribution in [-0.4, -0.2) is 24.6 Å². The predicted octanol–water partition coefficient (Wildman–Crippen LogP) is 3.75. The molecule has 2 N–H and O–H groups in total. The van der Waals surface area contributed by atoms with E-state index in [1.165, 1.54) is 65.7 Å². The Hall–Kier alpha value is -1.61. The number of rotatable bonds is 3. The van der Waals surface area contributed by atoms with E-state index in [1.54, 1.807) is 0 Å². The van der Waals surface area contributed by atoms with E-state index >= 15 is 0 Å². The van der Waals surface area contributed by atoms with Gasteiger partial charge in [0.1, 0.15) is 0 Å². The Labute approximate surface area is 138 Å². The van der Waals surface area contributed by atoms with E-state index in [9.17, 15) is 0 Å². The van der Waals surface area contributed by atoms with Crippen LogP contribution in [0.2, 0.25) is 0 Å². The fourth-order valence-electron chi connectivity index (χ4n) is 4.07. The van der Waals surface area contributed by atoms with Crippen LogP contribution in [0.25, 0.3) is 10.9 Å². The van der Waals surface area contributed by atoms with Gasteiger partial charge in [-0.15, -0.1) is 0 Å². The topological polar surface area (TPSA) is 37.0 Å². The van der Waals surface area contributed by atoms with Crippen molar-refractivity contribution in [3.8, 4) is 0 Å². The third-order valence-corrected chi connectivity index (χ3v) is 5.59. The Morgan fingerprint density at radius 3 is 2.87 bits per heavy atom. The summed E-state index contributed by atoms with van der Waals surface area (Å²) in [4.78, 5) is 4.96. The molecule has 0 amide bonds. The Morgan fingerprint density at radius 2 is 2.04 bits per heavy atom. The van der Waals surface area contributed by atoms with Crippen molar-refractivity contribution >= 4 is 16.6 Å². The van der Waals surface area contributed by atoms with Crippen LogP contribution in [0.5, 0.6) is 0 Å². The third kappa shape index (κ3) is 2.83. The van der Waals surface area contributed by atoms with Crippen molar-refractivity contribution in [3.63, 3.8) is 0 Å². The third-order valence-electron chi connectivity index (χ3n) is 5.59. The number of piperidine rings is 1. The van der Waals surface area contributed by atoms with E-state index < -0.39 is 0 Å². The Morgan fingerprint density at radius 1 is 1.17 bits per heavy atom. The smallest absolute Gasteiger partial charge is 0.0729 e. The molecule has 0 unspecified atom stereocenters. The number of aryl methyl sites for hydroxylation is 3. The molecule has 2 aliphatic rings. The number of hydrogen-bond acceptors (Lipinski definition) is 3. The molecule has 4 rings (SSSR count). The van der Waals surface area contributed by atoms with Gasteiger partial charge in [-0.3, -0.25) is 4.98 Å². The molecule has 1 aliphatic heterocycles. The zero-order valence-corrected chi connectivity index (χ0v) is 14.3. The van der Waals surface area contributed by atoms with Gasteiger partial charge in [-0.25, -0.2) is 0 Å². The molecule has 1 atom stereocenters. The number of nitrogens with one attached hydrogen (secondary N) is 2. The molecule has 1 fully saturated rings. The van der Waals surface area contributed by atoms with Crippen LogP contribution >= 0.6 is 0 Å². The first-order valence-corrected chi connectivity index (χ1v) is 9.09. The minimum Gasteiger partial charge on any atom is -0.384 e. The summed E-state index contributed by atoms with van der Waals surface area (Å²) in [6.45, 7) is 7.80. The number of benzene rings is 1. The van der Waals surface area contributed by atoms with Gasteiger partial charge >= 0.3 is 0 Å². The van der Waals surface area contributed by atoms with Crippen LogP contribution in [0.15, 0.2) is 12.1 Å². The molecule has 1 saturated heterocycles. The van der Waals surface area contributed by atoms with E-state index in [4.69, 9.17) is 4.98 Å². The van der Waals surface area contributed by atoms with E-state index in [0.717, 1.165) is 30.9 Å². The first-order valence-electron chi connectivity index (χ1n) is 9.09. The van der Waals surface area contributed by atoms with Crippen LogP contribution in [-0.2, 0) is 12.8 Å². The summed E-state index contributed by atoms with van der Waals surface area (Å²) in [6.07, 6.45) is 6.20. The van der Waals surface area contributed by atoms with Gasteiger partial charge in [-0.2, -0.15) is 0 Å². The highest BCUT2D eigenvalue weighted by Gasteiger charge is 2.21. The average molecular weight is 309 g/mol. The van der Waals surface area contributed by atoms with Crippen molar-refractivity contribution in [2.24, 2.45) is 5.92 Å². The van der Waals surface area contributed by atoms with E-state index in [2.05, 4.69) is 36.6 Å². The maximum absolute atomic E-state index is 4.96. The molecule has 0 bridgehead atoms. The van der Waals surface area contributed by atoms with Crippen LogP contribution in [0, 0.1) is 19.8 Å². The van der Waals surface area contributed by atoms with Crippen molar-refractivity contribution in [3.05, 3.63) is 34.5 Å². The fourth-order valence-corrected chi connectivity index (χ4v) is 4.07. The first kappa shape index (κ1) is 14.9. The Bertz CT molecular complexity index is 729. The van der Waals surface area contributed by atoms with Gasteiger partial charge in [-0.1, -0.05) is 0 Å². The van der Waals surface area contributed by atoms with Crippen molar-refractivity contribution in [2.45, 2.75) is 46.0 Å². The summed E-state index contributed by atoms with van der Waals surface area (Å²) in [6, 6.07) is 4.59. The lowest BCUT2D eigenvalue weighted by Gasteiger charge is -2.24. The van der Waals surface area contributed by atoms with Crippen molar-refractivity contribution in [2.75, 3.05) is 25.0 Å². The summed E-state index contributed by atoms with van der Waals surface area (Å²) >= 11 is 0. The summed E-state index contributed by atoms with van der Waals surface area (Å²) in [5.74, 6) is 0.746. The molecule has 1 aromatic carbocycles. The molecule has 122 valence electrons. The van der Waals surface area contributed by atoms with Crippen molar-refractivity contribution in [1.82, 2.24) is 10.3 Å². The number of fused-ring (bicyclic) bond motifs is 2. The monoisotopic (exact) mass is 309 g/mol. The number of anilines is 1. The van der Waals surface area contributed by atoms with Crippen molar-refractivity contribution in [1.29, 1.82) is 0 Å². The molecule has 2 heterocycles. The second-order valence-corrected chi connectivity index (χ2v) is 7.31. The number of hydrogen-bond donors (Lipinski definition) is 2. The molecular weight excluding hydrogens is 282 g/mol. The molecule has 23 heavy (non-hydrogen) atoms. The largest absolute Gasteiger partial charge is 0.384 e. The molecule has 1 aliphatic carbocycles. The van der Waals surface area contributed by atoms with Gasteiger partial charge in [0.05, 0.1) is 5.52 Å². The summed E-state index contributed by atoms with van der Waals surface area (Å²) < 4.78 is 0. The van der Waals surface area contributed by atoms with Gasteiger partial charge in [-0.05, 0) is 93.8 Å². The SMILES string of the molecule is Cc1cc2nc3c(c(NC[C@@H]4CCCNC4)c2cc1C)CCC3. The minimum atomic E-state index is 0.746. The van der Waals surface area contributed by atoms with Gasteiger partial charge in [0.2, 0.25) is 0 Å². The lowest BCUT2D eigenvalue weighted by atomic mass is 9.98. The second-order valence-electron chi connectivity index (χ2n) is 7.31. The van der Waals surface area contributed by atoms with Gasteiger partial charge in [0.25, 0.3) is 0 Å². The molecule has 0 spiro atoms. The van der Waals surface area contributed by atoms with Gasteiger partial charge < -0.3 is 10.6 Å². The van der Waals surface area contributed by atoms with Crippen LogP contribution in [0.4, 0.5) is 5.69 Å². The maximum atomic E-state index is 4.96. The zero-order valence-electron chi connectivity index (χ0n) is 14.3. The Balaban J connectivity index is 1.72. The fraction of sp³-hybridized carbons (Fsp3) is 0.550. The first-order chi connectivity index (χ1) is 11.2. The number of nitrogens with zero attached hydrogens (tertiary/aromatic N) is 1. The highest BCUT2D eigenvalue weighted by atomic mass is 14.9. The average Bonchev–Trinajstić information content (AvgIpc) is 3.02. The molecule has 0 saturated carbocycles. The minimum absolute atomic E-state index is 0.746. The highest BCUT2D eigenvalue weighted by molar-refractivity contribution is 5.94. The summed E-state index contributed by atoms with van der Waals surface area (Å²) in [5, 5.41) is 8.67. The van der Waals surface area contributed by atoms with E-state index in [0.29, 0.717) is 0 Å². The molecule has 1 aromatic heterocycles. The zero-order chi connectivity index (χ0) is 15.8. The highest BCUT2D eigenvalue weighted by Crippen LogP contribution is 2.35. The van der Waals surface area contributed by atoms with E-state index in [1.807, 2.05) is 0 Å². The number of aromatic nitrogens is 1. The molecule has 2 aromatic rings. The van der Waals surface area contributed by atoms with Crippen LogP contribution in [0.1, 0.15) is 41.6 Å².